The summed E-state index contributed by atoms with van der Waals surface area (Å²) in [6.45, 7) is -0.771. The average Bonchev–Trinajstić information content (AvgIpc) is 3.35. The molecule has 13 heteroatoms. The van der Waals surface area contributed by atoms with E-state index in [1.807, 2.05) is 31.2 Å². The van der Waals surface area contributed by atoms with Crippen LogP contribution < -0.4 is 5.73 Å². The second kappa shape index (κ2) is 8.97. The third kappa shape index (κ3) is 4.41. The Bertz CT molecular complexity index is 1210. The van der Waals surface area contributed by atoms with Crippen LogP contribution >= 0.6 is 6.72 Å². The Labute approximate surface area is 194 Å². The Hall–Kier alpha value is -2.02. The molecule has 5 rings (SSSR count). The summed E-state index contributed by atoms with van der Waals surface area (Å²) in [6, 6.07) is 8.02. The van der Waals surface area contributed by atoms with E-state index in [1.165, 1.54) is 17.2 Å². The summed E-state index contributed by atoms with van der Waals surface area (Å²) < 4.78 is 25.0. The average molecular weight is 493 g/mol. The first-order chi connectivity index (χ1) is 15.8. The molecule has 0 aliphatic carbocycles. The van der Waals surface area contributed by atoms with Crippen LogP contribution in [0.25, 0.3) is 11.2 Å². The van der Waals surface area contributed by atoms with Gasteiger partial charge in [-0.1, -0.05) is 29.8 Å². The number of aliphatic hydroxyl groups excluding tert-OH is 2. The summed E-state index contributed by atoms with van der Waals surface area (Å²) in [5.41, 5.74) is 8.72. The monoisotopic (exact) mass is 493 g/mol. The van der Waals surface area contributed by atoms with Gasteiger partial charge in [-0.3, -0.25) is 4.57 Å². The molecule has 0 amide bonds. The maximum Gasteiger partial charge on any atom is 0.327 e. The lowest BCUT2D eigenvalue weighted by molar-refractivity contribution is -0.0533. The van der Waals surface area contributed by atoms with Gasteiger partial charge in [0.25, 0.3) is 0 Å². The number of imidazole rings is 1. The number of ether oxygens (including phenoxy) is 1. The smallest absolute Gasteiger partial charge is 0.327 e. The highest BCUT2D eigenvalue weighted by atomic mass is 32.5. The molecular formula is C20H24N5O6PS. The number of nitrogens with two attached hydrogens (primary N) is 1. The molecule has 3 aromatic rings. The first kappa shape index (κ1) is 22.8. The molecule has 3 unspecified atom stereocenters. The first-order valence-corrected chi connectivity index (χ1v) is 13.0. The number of anilines is 1. The third-order valence-electron chi connectivity index (χ3n) is 5.70. The number of hydrogen-bond donors (Lipinski definition) is 3. The van der Waals surface area contributed by atoms with E-state index in [0.29, 0.717) is 24.2 Å². The zero-order valence-corrected chi connectivity index (χ0v) is 19.4. The predicted octanol–water partition coefficient (Wildman–Crippen LogP) is 1.76. The number of hydrogen-bond acceptors (Lipinski definition) is 11. The highest BCUT2D eigenvalue weighted by Gasteiger charge is 2.45. The topological polar surface area (TPSA) is 147 Å². The van der Waals surface area contributed by atoms with Crippen LogP contribution in [0.1, 0.15) is 29.9 Å². The second-order valence-corrected chi connectivity index (χ2v) is 11.0. The van der Waals surface area contributed by atoms with Crippen LogP contribution in [0.5, 0.6) is 0 Å². The molecule has 0 saturated carbocycles. The number of nitrogens with zero attached hydrogens (tertiary/aromatic N) is 4. The number of fused-ring (bicyclic) bond motifs is 1. The molecule has 2 aliphatic rings. The Balaban J connectivity index is 1.27. The van der Waals surface area contributed by atoms with Crippen molar-refractivity contribution in [2.45, 2.75) is 44.0 Å². The molecule has 1 aromatic carbocycles. The maximum absolute atomic E-state index is 10.6. The maximum atomic E-state index is 10.6. The van der Waals surface area contributed by atoms with Crippen LogP contribution in [0.15, 0.2) is 36.9 Å². The number of benzene rings is 1. The molecule has 0 radical (unpaired) electrons. The van der Waals surface area contributed by atoms with Crippen molar-refractivity contribution >= 4 is 35.5 Å². The van der Waals surface area contributed by atoms with Crippen molar-refractivity contribution < 1.29 is 28.5 Å². The highest BCUT2D eigenvalue weighted by Crippen LogP contribution is 2.57. The fraction of sp³-hybridized carbons (Fsp3) is 0.450. The summed E-state index contributed by atoms with van der Waals surface area (Å²) in [5, 5.41) is 21.2. The molecule has 0 spiro atoms. The fourth-order valence-electron chi connectivity index (χ4n) is 3.99. The molecule has 2 aliphatic heterocycles. The van der Waals surface area contributed by atoms with Gasteiger partial charge in [-0.25, -0.2) is 15.0 Å². The van der Waals surface area contributed by atoms with E-state index in [0.717, 1.165) is 11.1 Å². The molecule has 4 heterocycles. The molecular weight excluding hydrogens is 469 g/mol. The van der Waals surface area contributed by atoms with Crippen molar-refractivity contribution in [3.63, 3.8) is 0 Å². The summed E-state index contributed by atoms with van der Waals surface area (Å²) in [4.78, 5) is 12.2. The van der Waals surface area contributed by atoms with Gasteiger partial charge in [-0.05, 0) is 24.3 Å². The minimum Gasteiger partial charge on any atom is -0.387 e. The number of aryl methyl sites for hydroxylation is 1. The zero-order valence-electron chi connectivity index (χ0n) is 17.7. The lowest BCUT2D eigenvalue weighted by atomic mass is 10.0. The number of rotatable bonds is 5. The highest BCUT2D eigenvalue weighted by molar-refractivity contribution is 8.07. The Morgan fingerprint density at radius 2 is 2.12 bits per heavy atom. The van der Waals surface area contributed by atoms with E-state index >= 15 is 0 Å². The van der Waals surface area contributed by atoms with Crippen LogP contribution in [-0.2, 0) is 30.1 Å². The van der Waals surface area contributed by atoms with E-state index in [-0.39, 0.29) is 18.5 Å². The normalized spacial score (nSPS) is 32.4. The molecule has 2 fully saturated rings. The Morgan fingerprint density at radius 3 is 2.94 bits per heavy atom. The van der Waals surface area contributed by atoms with Crippen molar-refractivity contribution in [2.24, 2.45) is 0 Å². The van der Waals surface area contributed by atoms with Gasteiger partial charge in [0.1, 0.15) is 30.2 Å². The van der Waals surface area contributed by atoms with E-state index in [1.54, 1.807) is 0 Å². The van der Waals surface area contributed by atoms with Crippen molar-refractivity contribution in [3.8, 4) is 0 Å². The Morgan fingerprint density at radius 1 is 1.27 bits per heavy atom. The molecule has 11 nitrogen and oxygen atoms in total. The molecule has 176 valence electrons. The van der Waals surface area contributed by atoms with Gasteiger partial charge < -0.3 is 34.3 Å². The molecule has 4 N–H and O–H groups in total. The van der Waals surface area contributed by atoms with E-state index < -0.39 is 31.3 Å². The van der Waals surface area contributed by atoms with Crippen LogP contribution in [0.4, 0.5) is 5.82 Å². The van der Waals surface area contributed by atoms with Gasteiger partial charge in [0.2, 0.25) is 0 Å². The summed E-state index contributed by atoms with van der Waals surface area (Å²) in [6.07, 6.45) is -1.14. The van der Waals surface area contributed by atoms with E-state index in [4.69, 9.17) is 35.8 Å². The van der Waals surface area contributed by atoms with E-state index in [9.17, 15) is 10.2 Å². The SMILES string of the molecule is Cc1cccc(C2CCOP(=S)(OC[C@H]3O[C@@H](n4cnc5c(N)ncnc54)C(O)[C@H]3O)O2)c1. The van der Waals surface area contributed by atoms with Gasteiger partial charge in [-0.2, -0.15) is 0 Å². The molecule has 6 atom stereocenters. The minimum atomic E-state index is -3.07. The largest absolute Gasteiger partial charge is 0.387 e. The van der Waals surface area contributed by atoms with Crippen LogP contribution in [0, 0.1) is 6.92 Å². The summed E-state index contributed by atoms with van der Waals surface area (Å²) in [5.74, 6) is 0.208. The van der Waals surface area contributed by atoms with Gasteiger partial charge >= 0.3 is 6.72 Å². The Kier molecular flexibility index (Phi) is 6.19. The van der Waals surface area contributed by atoms with Crippen molar-refractivity contribution in [1.29, 1.82) is 0 Å². The zero-order chi connectivity index (χ0) is 23.2. The van der Waals surface area contributed by atoms with Gasteiger partial charge in [-0.15, -0.1) is 0 Å². The van der Waals surface area contributed by atoms with Crippen LogP contribution in [0.3, 0.4) is 0 Å². The van der Waals surface area contributed by atoms with Crippen molar-refractivity contribution in [1.82, 2.24) is 19.5 Å². The lowest BCUT2D eigenvalue weighted by Crippen LogP contribution is -2.34. The minimum absolute atomic E-state index is 0.115. The van der Waals surface area contributed by atoms with Crippen LogP contribution in [0.2, 0.25) is 0 Å². The fourth-order valence-corrected chi connectivity index (χ4v) is 6.11. The van der Waals surface area contributed by atoms with Crippen molar-refractivity contribution in [3.05, 3.63) is 48.0 Å². The van der Waals surface area contributed by atoms with Gasteiger partial charge in [0, 0.05) is 6.42 Å². The molecule has 33 heavy (non-hydrogen) atoms. The number of aliphatic hydroxyl groups is 2. The second-order valence-electron chi connectivity index (χ2n) is 8.00. The summed E-state index contributed by atoms with van der Waals surface area (Å²) in [7, 11) is 0. The van der Waals surface area contributed by atoms with Crippen LogP contribution in [-0.4, -0.2) is 61.3 Å². The van der Waals surface area contributed by atoms with Crippen molar-refractivity contribution in [2.75, 3.05) is 18.9 Å². The molecule has 2 aromatic heterocycles. The molecule has 0 bridgehead atoms. The van der Waals surface area contributed by atoms with Gasteiger partial charge in [0.05, 0.1) is 25.6 Å². The standard InChI is InChI=1S/C20H24N5O6PS/c1-11-3-2-4-12(7-11)13-5-6-28-32(33,31-13)29-8-14-16(26)17(27)20(30-14)25-10-24-15-18(21)22-9-23-19(15)25/h2-4,7,9-10,13-14,16-17,20,26-27H,5-6,8H2,1H3,(H2,21,22,23)/t13?,14-,16+,17?,20-,32?/m1/s1. The number of aromatic nitrogens is 4. The van der Waals surface area contributed by atoms with E-state index in [2.05, 4.69) is 15.0 Å². The third-order valence-corrected chi connectivity index (χ3v) is 8.06. The quantitative estimate of drug-likeness (QED) is 0.447. The predicted molar refractivity (Wildman–Crippen MR) is 121 cm³/mol. The van der Waals surface area contributed by atoms with Gasteiger partial charge in [0.15, 0.2) is 17.7 Å². The number of nitrogen functional groups attached to an aromatic ring is 1. The molecule has 2 saturated heterocycles. The lowest BCUT2D eigenvalue weighted by Gasteiger charge is -2.32. The summed E-state index contributed by atoms with van der Waals surface area (Å²) >= 11 is 5.55. The first-order valence-electron chi connectivity index (χ1n) is 10.4.